The lowest BCUT2D eigenvalue weighted by Crippen LogP contribution is -2.06. The maximum atomic E-state index is 12.7. The summed E-state index contributed by atoms with van der Waals surface area (Å²) in [6.45, 7) is 1.61. The van der Waals surface area contributed by atoms with Crippen molar-refractivity contribution in [2.45, 2.75) is 13.1 Å². The van der Waals surface area contributed by atoms with Crippen LogP contribution in [0.4, 0.5) is 13.2 Å². The van der Waals surface area contributed by atoms with E-state index >= 15 is 0 Å². The third-order valence-corrected chi connectivity index (χ3v) is 2.99. The molecule has 0 saturated carbocycles. The van der Waals surface area contributed by atoms with Crippen molar-refractivity contribution in [3.8, 4) is 11.1 Å². The highest BCUT2D eigenvalue weighted by Gasteiger charge is 2.30. The van der Waals surface area contributed by atoms with E-state index in [0.29, 0.717) is 5.56 Å². The molecular formula is C15H11F3O2. The second kappa shape index (κ2) is 5.00. The number of carboxylic acid groups (broad SMARTS) is 1. The predicted octanol–water partition coefficient (Wildman–Crippen LogP) is 4.38. The minimum Gasteiger partial charge on any atom is -0.478 e. The smallest absolute Gasteiger partial charge is 0.416 e. The zero-order valence-electron chi connectivity index (χ0n) is 10.5. The number of carbonyl (C=O) groups is 1. The number of carboxylic acids is 1. The van der Waals surface area contributed by atoms with Crippen LogP contribution in [-0.4, -0.2) is 11.1 Å². The summed E-state index contributed by atoms with van der Waals surface area (Å²) < 4.78 is 38.1. The van der Waals surface area contributed by atoms with E-state index in [0.717, 1.165) is 12.1 Å². The van der Waals surface area contributed by atoms with E-state index in [9.17, 15) is 23.1 Å². The van der Waals surface area contributed by atoms with Crippen LogP contribution < -0.4 is 0 Å². The van der Waals surface area contributed by atoms with Crippen molar-refractivity contribution >= 4 is 5.97 Å². The third kappa shape index (κ3) is 2.66. The molecule has 0 fully saturated rings. The Morgan fingerprint density at radius 1 is 1.10 bits per heavy atom. The zero-order valence-corrected chi connectivity index (χ0v) is 10.5. The molecular weight excluding hydrogens is 269 g/mol. The van der Waals surface area contributed by atoms with Gasteiger partial charge < -0.3 is 5.11 Å². The van der Waals surface area contributed by atoms with Crippen LogP contribution in [0.2, 0.25) is 0 Å². The summed E-state index contributed by atoms with van der Waals surface area (Å²) in [5.74, 6) is -1.16. The zero-order chi connectivity index (χ0) is 14.9. The molecule has 2 nitrogen and oxygen atoms in total. The lowest BCUT2D eigenvalue weighted by Gasteiger charge is -2.12. The maximum Gasteiger partial charge on any atom is 0.416 e. The topological polar surface area (TPSA) is 37.3 Å². The van der Waals surface area contributed by atoms with Crippen LogP contribution >= 0.6 is 0 Å². The molecule has 0 aromatic heterocycles. The molecule has 0 saturated heterocycles. The van der Waals surface area contributed by atoms with Crippen LogP contribution in [0.5, 0.6) is 0 Å². The standard InChI is InChI=1S/C15H11F3O2/c1-9-4-2-7-12(13(9)14(19)20)10-5-3-6-11(8-10)15(16,17)18/h2-8H,1H3,(H,19,20). The second-order valence-corrected chi connectivity index (χ2v) is 4.38. The normalized spacial score (nSPS) is 11.4. The molecule has 104 valence electrons. The summed E-state index contributed by atoms with van der Waals surface area (Å²) in [6, 6.07) is 9.40. The molecule has 2 rings (SSSR count). The van der Waals surface area contributed by atoms with Gasteiger partial charge in [-0.2, -0.15) is 13.2 Å². The van der Waals surface area contributed by atoms with Crippen LogP contribution in [0.3, 0.4) is 0 Å². The first-order valence-corrected chi connectivity index (χ1v) is 5.81. The van der Waals surface area contributed by atoms with Crippen molar-refractivity contribution in [2.75, 3.05) is 0 Å². The molecule has 0 aliphatic rings. The van der Waals surface area contributed by atoms with E-state index in [4.69, 9.17) is 0 Å². The number of benzene rings is 2. The van der Waals surface area contributed by atoms with Gasteiger partial charge in [0.15, 0.2) is 0 Å². The Labute approximate surface area is 113 Å². The molecule has 0 atom stereocenters. The lowest BCUT2D eigenvalue weighted by atomic mass is 9.95. The molecule has 2 aromatic rings. The van der Waals surface area contributed by atoms with Crippen LogP contribution in [0, 0.1) is 6.92 Å². The first-order chi connectivity index (χ1) is 9.30. The summed E-state index contributed by atoms with van der Waals surface area (Å²) >= 11 is 0. The van der Waals surface area contributed by atoms with Crippen molar-refractivity contribution in [3.05, 3.63) is 59.2 Å². The average Bonchev–Trinajstić information content (AvgIpc) is 2.37. The fourth-order valence-corrected chi connectivity index (χ4v) is 2.06. The fourth-order valence-electron chi connectivity index (χ4n) is 2.06. The highest BCUT2D eigenvalue weighted by atomic mass is 19.4. The van der Waals surface area contributed by atoms with Crippen LogP contribution in [-0.2, 0) is 6.18 Å². The van der Waals surface area contributed by atoms with Gasteiger partial charge >= 0.3 is 12.1 Å². The predicted molar refractivity (Wildman–Crippen MR) is 68.6 cm³/mol. The molecule has 2 aromatic carbocycles. The number of alkyl halides is 3. The minimum atomic E-state index is -4.46. The van der Waals surface area contributed by atoms with E-state index in [1.807, 2.05) is 0 Å². The van der Waals surface area contributed by atoms with Gasteiger partial charge in [0.2, 0.25) is 0 Å². The van der Waals surface area contributed by atoms with Crippen molar-refractivity contribution in [3.63, 3.8) is 0 Å². The number of halogens is 3. The number of rotatable bonds is 2. The van der Waals surface area contributed by atoms with E-state index in [-0.39, 0.29) is 16.7 Å². The van der Waals surface area contributed by atoms with E-state index < -0.39 is 17.7 Å². The Balaban J connectivity index is 2.64. The largest absolute Gasteiger partial charge is 0.478 e. The first kappa shape index (κ1) is 14.1. The Morgan fingerprint density at radius 2 is 1.75 bits per heavy atom. The second-order valence-electron chi connectivity index (χ2n) is 4.38. The van der Waals surface area contributed by atoms with Gasteiger partial charge in [-0.05, 0) is 35.7 Å². The van der Waals surface area contributed by atoms with E-state index in [2.05, 4.69) is 0 Å². The molecule has 20 heavy (non-hydrogen) atoms. The minimum absolute atomic E-state index is 0.0202. The van der Waals surface area contributed by atoms with E-state index in [1.165, 1.54) is 18.2 Å². The van der Waals surface area contributed by atoms with Gasteiger partial charge in [-0.3, -0.25) is 0 Å². The molecule has 1 N–H and O–H groups in total. The van der Waals surface area contributed by atoms with Gasteiger partial charge in [0.05, 0.1) is 11.1 Å². The highest BCUT2D eigenvalue weighted by Crippen LogP contribution is 2.33. The Kier molecular flexibility index (Phi) is 3.53. The summed E-state index contributed by atoms with van der Waals surface area (Å²) in [5.41, 5.74) is 0.247. The van der Waals surface area contributed by atoms with E-state index in [1.54, 1.807) is 19.1 Å². The van der Waals surface area contributed by atoms with Gasteiger partial charge in [0, 0.05) is 0 Å². The van der Waals surface area contributed by atoms with Crippen LogP contribution in [0.15, 0.2) is 42.5 Å². The summed E-state index contributed by atoms with van der Waals surface area (Å²) in [7, 11) is 0. The molecule has 0 unspecified atom stereocenters. The SMILES string of the molecule is Cc1cccc(-c2cccc(C(F)(F)F)c2)c1C(=O)O. The number of hydrogen-bond acceptors (Lipinski definition) is 1. The Hall–Kier alpha value is -2.30. The van der Waals surface area contributed by atoms with Crippen LogP contribution in [0.1, 0.15) is 21.5 Å². The fraction of sp³-hybridized carbons (Fsp3) is 0.133. The average molecular weight is 280 g/mol. The Morgan fingerprint density at radius 3 is 2.35 bits per heavy atom. The molecule has 0 radical (unpaired) electrons. The Bertz CT molecular complexity index is 660. The highest BCUT2D eigenvalue weighted by molar-refractivity contribution is 5.97. The molecule has 0 bridgehead atoms. The van der Waals surface area contributed by atoms with Crippen molar-refractivity contribution in [1.29, 1.82) is 0 Å². The molecule has 0 aliphatic heterocycles. The molecule has 0 aliphatic carbocycles. The van der Waals surface area contributed by atoms with Gasteiger partial charge in [-0.1, -0.05) is 30.3 Å². The lowest BCUT2D eigenvalue weighted by molar-refractivity contribution is -0.137. The van der Waals surface area contributed by atoms with Crippen molar-refractivity contribution < 1.29 is 23.1 Å². The summed E-state index contributed by atoms with van der Waals surface area (Å²) in [6.07, 6.45) is -4.46. The van der Waals surface area contributed by atoms with Gasteiger partial charge in [0.25, 0.3) is 0 Å². The molecule has 0 heterocycles. The maximum absolute atomic E-state index is 12.7. The summed E-state index contributed by atoms with van der Waals surface area (Å²) in [4.78, 5) is 11.3. The number of aryl methyl sites for hydroxylation is 1. The summed E-state index contributed by atoms with van der Waals surface area (Å²) in [5, 5.41) is 9.21. The van der Waals surface area contributed by atoms with Gasteiger partial charge in [-0.25, -0.2) is 4.79 Å². The number of hydrogen-bond donors (Lipinski definition) is 1. The van der Waals surface area contributed by atoms with Crippen LogP contribution in [0.25, 0.3) is 11.1 Å². The molecule has 5 heteroatoms. The van der Waals surface area contributed by atoms with Crippen molar-refractivity contribution in [1.82, 2.24) is 0 Å². The van der Waals surface area contributed by atoms with Gasteiger partial charge in [-0.15, -0.1) is 0 Å². The van der Waals surface area contributed by atoms with Gasteiger partial charge in [0.1, 0.15) is 0 Å². The third-order valence-electron chi connectivity index (χ3n) is 2.99. The first-order valence-electron chi connectivity index (χ1n) is 5.81. The molecule has 0 spiro atoms. The number of aromatic carboxylic acids is 1. The quantitative estimate of drug-likeness (QED) is 0.886. The monoisotopic (exact) mass is 280 g/mol. The van der Waals surface area contributed by atoms with Crippen molar-refractivity contribution in [2.24, 2.45) is 0 Å². The molecule has 0 amide bonds.